The average molecular weight is 435 g/mol. The molecule has 5 heteroatoms. The molecule has 150 valence electrons. The minimum Gasteiger partial charge on any atom is -0.321 e. The number of halogens is 2. The van der Waals surface area contributed by atoms with Gasteiger partial charge in [-0.05, 0) is 50.1 Å². The number of amides is 1. The summed E-state index contributed by atoms with van der Waals surface area (Å²) in [7, 11) is 0. The zero-order chi connectivity index (χ0) is 21.4. The van der Waals surface area contributed by atoms with Crippen molar-refractivity contribution >= 4 is 45.7 Å². The smallest absolute Gasteiger partial charge is 0.256 e. The highest BCUT2D eigenvalue weighted by atomic mass is 35.5. The quantitative estimate of drug-likeness (QED) is 0.365. The van der Waals surface area contributed by atoms with E-state index in [2.05, 4.69) is 11.4 Å². The van der Waals surface area contributed by atoms with Gasteiger partial charge in [-0.25, -0.2) is 4.98 Å². The maximum Gasteiger partial charge on any atom is 0.256 e. The van der Waals surface area contributed by atoms with Gasteiger partial charge in [-0.3, -0.25) is 4.79 Å². The second-order valence-corrected chi connectivity index (χ2v) is 8.15. The number of aromatic nitrogens is 1. The molecule has 4 aromatic rings. The SMILES string of the molecule is Cc1cc(C)c2nc(-c3ccccc3)c(C)c(C(=O)Nc3cccc(Cl)c3Cl)c2c1. The average Bonchev–Trinajstić information content (AvgIpc) is 2.71. The summed E-state index contributed by atoms with van der Waals surface area (Å²) in [6.45, 7) is 5.96. The minimum atomic E-state index is -0.244. The lowest BCUT2D eigenvalue weighted by atomic mass is 9.94. The monoisotopic (exact) mass is 434 g/mol. The third-order valence-corrected chi connectivity index (χ3v) is 5.96. The lowest BCUT2D eigenvalue weighted by Crippen LogP contribution is -2.16. The molecular weight excluding hydrogens is 415 g/mol. The van der Waals surface area contributed by atoms with Crippen LogP contribution in [0.3, 0.4) is 0 Å². The number of anilines is 1. The molecule has 0 aliphatic rings. The van der Waals surface area contributed by atoms with Crippen LogP contribution < -0.4 is 5.32 Å². The molecule has 0 radical (unpaired) electrons. The molecule has 0 saturated carbocycles. The molecule has 1 amide bonds. The van der Waals surface area contributed by atoms with Crippen LogP contribution >= 0.6 is 23.2 Å². The minimum absolute atomic E-state index is 0.244. The summed E-state index contributed by atoms with van der Waals surface area (Å²) in [6.07, 6.45) is 0. The molecule has 1 heterocycles. The van der Waals surface area contributed by atoms with Crippen molar-refractivity contribution in [1.82, 2.24) is 4.98 Å². The second kappa shape index (κ2) is 8.10. The maximum atomic E-state index is 13.5. The fourth-order valence-corrected chi connectivity index (χ4v) is 4.12. The lowest BCUT2D eigenvalue weighted by Gasteiger charge is -2.17. The van der Waals surface area contributed by atoms with E-state index in [1.807, 2.05) is 57.2 Å². The van der Waals surface area contributed by atoms with Gasteiger partial charge in [0.1, 0.15) is 0 Å². The van der Waals surface area contributed by atoms with Crippen molar-refractivity contribution in [1.29, 1.82) is 0 Å². The van der Waals surface area contributed by atoms with Gasteiger partial charge >= 0.3 is 0 Å². The van der Waals surface area contributed by atoms with Crippen LogP contribution in [0, 0.1) is 20.8 Å². The Morgan fingerprint density at radius 2 is 1.67 bits per heavy atom. The Labute approximate surface area is 185 Å². The molecule has 0 bridgehead atoms. The largest absolute Gasteiger partial charge is 0.321 e. The number of nitrogens with one attached hydrogen (secondary N) is 1. The van der Waals surface area contributed by atoms with E-state index < -0.39 is 0 Å². The number of fused-ring (bicyclic) bond motifs is 1. The Balaban J connectivity index is 1.96. The van der Waals surface area contributed by atoms with Crippen molar-refractivity contribution in [2.45, 2.75) is 20.8 Å². The fraction of sp³-hybridized carbons (Fsp3) is 0.120. The number of aryl methyl sites for hydroxylation is 2. The van der Waals surface area contributed by atoms with Crippen LogP contribution in [-0.2, 0) is 0 Å². The van der Waals surface area contributed by atoms with Crippen molar-refractivity contribution < 1.29 is 4.79 Å². The van der Waals surface area contributed by atoms with Gasteiger partial charge in [0.15, 0.2) is 0 Å². The fourth-order valence-electron chi connectivity index (χ4n) is 3.77. The first-order valence-electron chi connectivity index (χ1n) is 9.59. The lowest BCUT2D eigenvalue weighted by molar-refractivity contribution is 0.102. The van der Waals surface area contributed by atoms with Crippen LogP contribution in [0.25, 0.3) is 22.2 Å². The molecule has 1 N–H and O–H groups in total. The van der Waals surface area contributed by atoms with Gasteiger partial charge in [-0.1, -0.05) is 71.2 Å². The number of carbonyl (C=O) groups is 1. The highest BCUT2D eigenvalue weighted by Gasteiger charge is 2.21. The predicted octanol–water partition coefficient (Wildman–Crippen LogP) is 7.39. The van der Waals surface area contributed by atoms with Gasteiger partial charge in [-0.2, -0.15) is 0 Å². The molecule has 3 nitrogen and oxygen atoms in total. The molecule has 30 heavy (non-hydrogen) atoms. The summed E-state index contributed by atoms with van der Waals surface area (Å²) < 4.78 is 0. The van der Waals surface area contributed by atoms with Crippen LogP contribution in [0.4, 0.5) is 5.69 Å². The normalized spacial score (nSPS) is 11.0. The van der Waals surface area contributed by atoms with E-state index in [1.165, 1.54) is 0 Å². The first kappa shape index (κ1) is 20.4. The number of carbonyl (C=O) groups excluding carboxylic acids is 1. The first-order valence-corrected chi connectivity index (χ1v) is 10.3. The Bertz CT molecular complexity index is 1280. The molecular formula is C25H20Cl2N2O. The Kier molecular flexibility index (Phi) is 5.50. The Morgan fingerprint density at radius 1 is 0.933 bits per heavy atom. The van der Waals surface area contributed by atoms with E-state index in [1.54, 1.807) is 18.2 Å². The Morgan fingerprint density at radius 3 is 2.40 bits per heavy atom. The van der Waals surface area contributed by atoms with E-state index in [0.717, 1.165) is 38.9 Å². The molecule has 0 atom stereocenters. The third-order valence-electron chi connectivity index (χ3n) is 5.14. The number of nitrogens with zero attached hydrogens (tertiary/aromatic N) is 1. The van der Waals surface area contributed by atoms with Crippen molar-refractivity contribution in [3.05, 3.63) is 93.0 Å². The zero-order valence-electron chi connectivity index (χ0n) is 16.9. The van der Waals surface area contributed by atoms with E-state index in [9.17, 15) is 4.79 Å². The summed E-state index contributed by atoms with van der Waals surface area (Å²) in [4.78, 5) is 18.4. The van der Waals surface area contributed by atoms with E-state index in [0.29, 0.717) is 21.3 Å². The van der Waals surface area contributed by atoms with Crippen LogP contribution in [0.5, 0.6) is 0 Å². The first-order chi connectivity index (χ1) is 14.4. The molecule has 0 spiro atoms. The predicted molar refractivity (Wildman–Crippen MR) is 126 cm³/mol. The van der Waals surface area contributed by atoms with Crippen LogP contribution in [0.2, 0.25) is 10.0 Å². The van der Waals surface area contributed by atoms with Gasteiger partial charge in [0.05, 0.1) is 32.5 Å². The van der Waals surface area contributed by atoms with Crippen LogP contribution in [0.15, 0.2) is 60.7 Å². The number of pyridine rings is 1. The second-order valence-electron chi connectivity index (χ2n) is 7.36. The number of benzene rings is 3. The number of rotatable bonds is 3. The van der Waals surface area contributed by atoms with Crippen molar-refractivity contribution in [3.8, 4) is 11.3 Å². The summed E-state index contributed by atoms with van der Waals surface area (Å²) in [5.41, 5.74) is 6.54. The van der Waals surface area contributed by atoms with Gasteiger partial charge < -0.3 is 5.32 Å². The highest BCUT2D eigenvalue weighted by Crippen LogP contribution is 2.34. The van der Waals surface area contributed by atoms with Crippen molar-refractivity contribution in [2.75, 3.05) is 5.32 Å². The molecule has 0 aliphatic heterocycles. The molecule has 0 aliphatic carbocycles. The molecule has 0 unspecified atom stereocenters. The van der Waals surface area contributed by atoms with Crippen molar-refractivity contribution in [2.24, 2.45) is 0 Å². The summed E-state index contributed by atoms with van der Waals surface area (Å²) in [5, 5.41) is 4.46. The van der Waals surface area contributed by atoms with E-state index >= 15 is 0 Å². The molecule has 1 aromatic heterocycles. The van der Waals surface area contributed by atoms with E-state index in [-0.39, 0.29) is 5.91 Å². The highest BCUT2D eigenvalue weighted by molar-refractivity contribution is 6.44. The van der Waals surface area contributed by atoms with Crippen LogP contribution in [0.1, 0.15) is 27.0 Å². The molecule has 0 fully saturated rings. The van der Waals surface area contributed by atoms with Gasteiger partial charge in [0, 0.05) is 10.9 Å². The van der Waals surface area contributed by atoms with Gasteiger partial charge in [0.25, 0.3) is 5.91 Å². The van der Waals surface area contributed by atoms with Gasteiger partial charge in [-0.15, -0.1) is 0 Å². The molecule has 4 rings (SSSR count). The van der Waals surface area contributed by atoms with Crippen molar-refractivity contribution in [3.63, 3.8) is 0 Å². The summed E-state index contributed by atoms with van der Waals surface area (Å²) in [6, 6.07) is 19.2. The topological polar surface area (TPSA) is 42.0 Å². The number of hydrogen-bond donors (Lipinski definition) is 1. The molecule has 3 aromatic carbocycles. The summed E-state index contributed by atoms with van der Waals surface area (Å²) >= 11 is 12.4. The Hall–Kier alpha value is -2.88. The molecule has 0 saturated heterocycles. The third kappa shape index (κ3) is 3.67. The van der Waals surface area contributed by atoms with Crippen LogP contribution in [-0.4, -0.2) is 10.9 Å². The maximum absolute atomic E-state index is 13.5. The van der Waals surface area contributed by atoms with Gasteiger partial charge in [0.2, 0.25) is 0 Å². The van der Waals surface area contributed by atoms with E-state index in [4.69, 9.17) is 28.2 Å². The standard InChI is InChI=1S/C25H20Cl2N2O/c1-14-12-15(2)23-18(13-14)21(16(3)24(29-23)17-8-5-4-6-9-17)25(30)28-20-11-7-10-19(26)22(20)27/h4-13H,1-3H3,(H,28,30). The summed E-state index contributed by atoms with van der Waals surface area (Å²) in [5.74, 6) is -0.244. The zero-order valence-corrected chi connectivity index (χ0v) is 18.4. The number of hydrogen-bond acceptors (Lipinski definition) is 2.